The van der Waals surface area contributed by atoms with Gasteiger partial charge in [-0.3, -0.25) is 15.1 Å². The molecule has 0 aliphatic rings. The molecule has 0 unspecified atom stereocenters. The van der Waals surface area contributed by atoms with Gasteiger partial charge in [0.05, 0.1) is 9.95 Å². The summed E-state index contributed by atoms with van der Waals surface area (Å²) < 4.78 is 0. The minimum absolute atomic E-state index is 0.0474. The Balaban J connectivity index is 2.69. The Morgan fingerprint density at radius 1 is 1.33 bits per heavy atom. The summed E-state index contributed by atoms with van der Waals surface area (Å²) in [7, 11) is 0. The molecule has 2 N–H and O–H groups in total. The summed E-state index contributed by atoms with van der Waals surface area (Å²) in [6, 6.07) is 2.83. The van der Waals surface area contributed by atoms with Crippen LogP contribution in [0.2, 0.25) is 10.2 Å². The van der Waals surface area contributed by atoms with Crippen LogP contribution in [-0.4, -0.2) is 14.9 Å². The van der Waals surface area contributed by atoms with E-state index in [1.165, 1.54) is 18.5 Å². The predicted octanol–water partition coefficient (Wildman–Crippen LogP) is 2.94. The Morgan fingerprint density at radius 2 is 2.06 bits per heavy atom. The zero-order valence-corrected chi connectivity index (χ0v) is 10.3. The van der Waals surface area contributed by atoms with Crippen molar-refractivity contribution in [3.8, 4) is 11.1 Å². The van der Waals surface area contributed by atoms with E-state index in [4.69, 9.17) is 28.9 Å². The Labute approximate surface area is 112 Å². The Bertz CT molecular complexity index is 633. The highest BCUT2D eigenvalue weighted by atomic mass is 35.5. The summed E-state index contributed by atoms with van der Waals surface area (Å²) in [5.74, 6) is -0.237. The van der Waals surface area contributed by atoms with Crippen molar-refractivity contribution in [3.05, 3.63) is 44.8 Å². The summed E-state index contributed by atoms with van der Waals surface area (Å²) in [5.41, 5.74) is 5.95. The molecule has 0 bridgehead atoms. The monoisotopic (exact) mass is 284 g/mol. The molecule has 2 aromatic rings. The lowest BCUT2D eigenvalue weighted by molar-refractivity contribution is -0.384. The van der Waals surface area contributed by atoms with Crippen LogP contribution in [0.4, 0.5) is 11.5 Å². The van der Waals surface area contributed by atoms with Crippen molar-refractivity contribution in [2.75, 3.05) is 5.73 Å². The second kappa shape index (κ2) is 4.75. The summed E-state index contributed by atoms with van der Waals surface area (Å²) in [6.07, 6.45) is 2.91. The fraction of sp³-hybridized carbons (Fsp3) is 0. The quantitative estimate of drug-likeness (QED) is 0.520. The number of pyridine rings is 2. The molecule has 0 aromatic carbocycles. The first-order valence-electron chi connectivity index (χ1n) is 4.71. The number of rotatable bonds is 2. The molecule has 0 atom stereocenters. The molecule has 8 heteroatoms. The lowest BCUT2D eigenvalue weighted by Crippen LogP contribution is -2.00. The maximum Gasteiger partial charge on any atom is 0.311 e. The van der Waals surface area contributed by atoms with Crippen molar-refractivity contribution in [1.82, 2.24) is 9.97 Å². The molecule has 0 fully saturated rings. The van der Waals surface area contributed by atoms with Gasteiger partial charge in [-0.1, -0.05) is 23.2 Å². The van der Waals surface area contributed by atoms with Crippen molar-refractivity contribution in [2.24, 2.45) is 0 Å². The van der Waals surface area contributed by atoms with Gasteiger partial charge in [0.2, 0.25) is 5.82 Å². The molecule has 0 aliphatic heterocycles. The van der Waals surface area contributed by atoms with E-state index in [-0.39, 0.29) is 16.7 Å². The number of aromatic nitrogens is 2. The lowest BCUT2D eigenvalue weighted by Gasteiger charge is -2.06. The molecular formula is C10H6Cl2N4O2. The molecule has 0 spiro atoms. The number of hydrogen-bond acceptors (Lipinski definition) is 5. The van der Waals surface area contributed by atoms with E-state index in [0.29, 0.717) is 16.1 Å². The zero-order valence-electron chi connectivity index (χ0n) is 8.80. The highest BCUT2D eigenvalue weighted by molar-refractivity contribution is 6.35. The second-order valence-electron chi connectivity index (χ2n) is 3.34. The van der Waals surface area contributed by atoms with Crippen LogP contribution in [0, 0.1) is 10.1 Å². The van der Waals surface area contributed by atoms with Crippen LogP contribution in [0.3, 0.4) is 0 Å². The van der Waals surface area contributed by atoms with Crippen molar-refractivity contribution in [3.63, 3.8) is 0 Å². The number of nitrogens with zero attached hydrogens (tertiary/aromatic N) is 3. The van der Waals surface area contributed by atoms with Crippen molar-refractivity contribution in [1.29, 1.82) is 0 Å². The Kier molecular flexibility index (Phi) is 3.31. The topological polar surface area (TPSA) is 94.9 Å². The minimum Gasteiger partial charge on any atom is -0.378 e. The summed E-state index contributed by atoms with van der Waals surface area (Å²) in [6.45, 7) is 0. The highest BCUT2D eigenvalue weighted by Gasteiger charge is 2.19. The van der Waals surface area contributed by atoms with Crippen LogP contribution < -0.4 is 5.73 Å². The number of hydrogen-bond donors (Lipinski definition) is 1. The van der Waals surface area contributed by atoms with E-state index in [9.17, 15) is 10.1 Å². The van der Waals surface area contributed by atoms with E-state index >= 15 is 0 Å². The molecule has 2 rings (SSSR count). The predicted molar refractivity (Wildman–Crippen MR) is 68.6 cm³/mol. The Morgan fingerprint density at radius 3 is 2.67 bits per heavy atom. The molecule has 0 saturated heterocycles. The maximum absolute atomic E-state index is 10.8. The molecular weight excluding hydrogens is 279 g/mol. The number of anilines is 1. The molecule has 2 heterocycles. The van der Waals surface area contributed by atoms with E-state index in [0.717, 1.165) is 0 Å². The van der Waals surface area contributed by atoms with Crippen molar-refractivity contribution in [2.45, 2.75) is 0 Å². The van der Waals surface area contributed by atoms with Gasteiger partial charge in [0.1, 0.15) is 5.15 Å². The fourth-order valence-electron chi connectivity index (χ4n) is 1.42. The zero-order chi connectivity index (χ0) is 13.3. The van der Waals surface area contributed by atoms with Gasteiger partial charge in [-0.05, 0) is 6.07 Å². The summed E-state index contributed by atoms with van der Waals surface area (Å²) >= 11 is 11.9. The first-order chi connectivity index (χ1) is 8.50. The standard InChI is InChI=1S/C10H6Cl2N4O2/c11-7-4-14-2-1-5(7)6-3-8(16(17)18)10(13)15-9(6)12/h1-4H,(H2,13,15). The summed E-state index contributed by atoms with van der Waals surface area (Å²) in [5, 5.41) is 11.2. The number of nitrogens with two attached hydrogens (primary N) is 1. The van der Waals surface area contributed by atoms with Crippen LogP contribution in [0.25, 0.3) is 11.1 Å². The molecule has 0 amide bonds. The third-order valence-electron chi connectivity index (χ3n) is 2.24. The fourth-order valence-corrected chi connectivity index (χ4v) is 1.89. The first kappa shape index (κ1) is 12.5. The lowest BCUT2D eigenvalue weighted by atomic mass is 10.1. The van der Waals surface area contributed by atoms with Gasteiger partial charge in [-0.25, -0.2) is 4.98 Å². The van der Waals surface area contributed by atoms with Gasteiger partial charge < -0.3 is 5.73 Å². The van der Waals surface area contributed by atoms with Gasteiger partial charge in [0.25, 0.3) is 0 Å². The van der Waals surface area contributed by atoms with E-state index in [1.807, 2.05) is 0 Å². The molecule has 0 aliphatic carbocycles. The van der Waals surface area contributed by atoms with Crippen molar-refractivity contribution >= 4 is 34.7 Å². The van der Waals surface area contributed by atoms with Gasteiger partial charge in [0, 0.05) is 29.6 Å². The molecule has 18 heavy (non-hydrogen) atoms. The molecule has 0 saturated carbocycles. The summed E-state index contributed by atoms with van der Waals surface area (Å²) in [4.78, 5) is 17.7. The van der Waals surface area contributed by atoms with E-state index < -0.39 is 4.92 Å². The first-order valence-corrected chi connectivity index (χ1v) is 5.46. The van der Waals surface area contributed by atoms with Gasteiger partial charge in [-0.15, -0.1) is 0 Å². The number of nitrogen functional groups attached to an aromatic ring is 1. The number of nitro groups is 1. The maximum atomic E-state index is 10.8. The van der Waals surface area contributed by atoms with Crippen LogP contribution in [-0.2, 0) is 0 Å². The highest BCUT2D eigenvalue weighted by Crippen LogP contribution is 2.35. The Hall–Kier alpha value is -1.92. The minimum atomic E-state index is -0.628. The average Bonchev–Trinajstić information content (AvgIpc) is 2.30. The van der Waals surface area contributed by atoms with Crippen LogP contribution in [0.1, 0.15) is 0 Å². The largest absolute Gasteiger partial charge is 0.378 e. The molecule has 0 radical (unpaired) electrons. The van der Waals surface area contributed by atoms with E-state index in [1.54, 1.807) is 6.07 Å². The molecule has 2 aromatic heterocycles. The molecule has 92 valence electrons. The second-order valence-corrected chi connectivity index (χ2v) is 4.11. The third kappa shape index (κ3) is 2.20. The van der Waals surface area contributed by atoms with Crippen molar-refractivity contribution < 1.29 is 4.92 Å². The SMILES string of the molecule is Nc1nc(Cl)c(-c2ccncc2Cl)cc1[N+](=O)[O-]. The average molecular weight is 285 g/mol. The smallest absolute Gasteiger partial charge is 0.311 e. The third-order valence-corrected chi connectivity index (χ3v) is 2.83. The normalized spacial score (nSPS) is 10.3. The molecule has 6 nitrogen and oxygen atoms in total. The van der Waals surface area contributed by atoms with E-state index in [2.05, 4.69) is 9.97 Å². The van der Waals surface area contributed by atoms with Gasteiger partial charge >= 0.3 is 5.69 Å². The van der Waals surface area contributed by atoms with Crippen LogP contribution >= 0.6 is 23.2 Å². The van der Waals surface area contributed by atoms with Gasteiger partial charge in [0.15, 0.2) is 0 Å². The van der Waals surface area contributed by atoms with Crippen LogP contribution in [0.15, 0.2) is 24.5 Å². The van der Waals surface area contributed by atoms with Crippen LogP contribution in [0.5, 0.6) is 0 Å². The number of halogens is 2. The van der Waals surface area contributed by atoms with Gasteiger partial charge in [-0.2, -0.15) is 0 Å².